The van der Waals surface area contributed by atoms with Crippen molar-refractivity contribution >= 4 is 15.9 Å². The molecule has 1 aromatic rings. The molecule has 0 unspecified atom stereocenters. The standard InChI is InChI=1S/C8H7BrN2O/c1-2-3-4-11-6-10-5-7(9)8(11)12/h5-6H,4H2,1H3. The summed E-state index contributed by atoms with van der Waals surface area (Å²) in [7, 11) is 0. The molecule has 62 valence electrons. The average Bonchev–Trinajstić information content (AvgIpc) is 2.08. The normalized spacial score (nSPS) is 8.83. The molecule has 0 saturated carbocycles. The second-order valence-electron chi connectivity index (χ2n) is 2.10. The van der Waals surface area contributed by atoms with Crippen LogP contribution >= 0.6 is 15.9 Å². The van der Waals surface area contributed by atoms with E-state index in [2.05, 4.69) is 32.8 Å². The van der Waals surface area contributed by atoms with Crippen LogP contribution in [0.15, 0.2) is 21.8 Å². The van der Waals surface area contributed by atoms with Gasteiger partial charge in [0.1, 0.15) is 4.47 Å². The monoisotopic (exact) mass is 226 g/mol. The van der Waals surface area contributed by atoms with Gasteiger partial charge in [-0.25, -0.2) is 4.98 Å². The number of nitrogens with zero attached hydrogens (tertiary/aromatic N) is 2. The molecule has 0 aliphatic rings. The summed E-state index contributed by atoms with van der Waals surface area (Å²) in [5, 5.41) is 0. The Hall–Kier alpha value is -1.08. The van der Waals surface area contributed by atoms with Crippen LogP contribution in [0.1, 0.15) is 6.92 Å². The van der Waals surface area contributed by atoms with E-state index in [0.29, 0.717) is 11.0 Å². The van der Waals surface area contributed by atoms with E-state index in [9.17, 15) is 4.79 Å². The minimum Gasteiger partial charge on any atom is -0.286 e. The van der Waals surface area contributed by atoms with E-state index in [-0.39, 0.29) is 5.56 Å². The number of aromatic nitrogens is 2. The Balaban J connectivity index is 3.06. The summed E-state index contributed by atoms with van der Waals surface area (Å²) in [4.78, 5) is 15.1. The van der Waals surface area contributed by atoms with Gasteiger partial charge in [0.25, 0.3) is 5.56 Å². The van der Waals surface area contributed by atoms with Gasteiger partial charge < -0.3 is 0 Å². The van der Waals surface area contributed by atoms with Crippen molar-refractivity contribution in [3.63, 3.8) is 0 Å². The Kier molecular flexibility index (Phi) is 3.06. The third-order valence-corrected chi connectivity index (χ3v) is 1.83. The Morgan fingerprint density at radius 2 is 2.50 bits per heavy atom. The molecule has 4 heteroatoms. The highest BCUT2D eigenvalue weighted by molar-refractivity contribution is 9.10. The molecule has 0 radical (unpaired) electrons. The second-order valence-corrected chi connectivity index (χ2v) is 2.96. The van der Waals surface area contributed by atoms with E-state index in [0.717, 1.165) is 0 Å². The topological polar surface area (TPSA) is 34.9 Å². The summed E-state index contributed by atoms with van der Waals surface area (Å²) in [5.41, 5.74) is -0.104. The third-order valence-electron chi connectivity index (χ3n) is 1.29. The van der Waals surface area contributed by atoms with Gasteiger partial charge in [0, 0.05) is 6.20 Å². The summed E-state index contributed by atoms with van der Waals surface area (Å²) in [6.07, 6.45) is 2.94. The molecule has 1 aromatic heterocycles. The maximum absolute atomic E-state index is 11.3. The fourth-order valence-corrected chi connectivity index (χ4v) is 1.05. The summed E-state index contributed by atoms with van der Waals surface area (Å²) in [6, 6.07) is 0. The van der Waals surface area contributed by atoms with Crippen molar-refractivity contribution in [3.05, 3.63) is 27.4 Å². The van der Waals surface area contributed by atoms with Crippen LogP contribution in [0.25, 0.3) is 0 Å². The van der Waals surface area contributed by atoms with Gasteiger partial charge in [0.15, 0.2) is 0 Å². The summed E-state index contributed by atoms with van der Waals surface area (Å²) in [5.74, 6) is 5.49. The Bertz CT molecular complexity index is 386. The summed E-state index contributed by atoms with van der Waals surface area (Å²) >= 11 is 3.09. The molecular weight excluding hydrogens is 220 g/mol. The lowest BCUT2D eigenvalue weighted by molar-refractivity contribution is 0.762. The second kappa shape index (κ2) is 4.07. The first-order valence-corrected chi connectivity index (χ1v) is 4.14. The smallest absolute Gasteiger partial charge is 0.268 e. The number of hydrogen-bond acceptors (Lipinski definition) is 2. The molecule has 1 rings (SSSR count). The molecule has 0 N–H and O–H groups in total. The number of halogens is 1. The van der Waals surface area contributed by atoms with Crippen LogP contribution in [-0.2, 0) is 6.54 Å². The quantitative estimate of drug-likeness (QED) is 0.671. The largest absolute Gasteiger partial charge is 0.286 e. The molecule has 0 spiro atoms. The molecule has 0 bridgehead atoms. The molecule has 3 nitrogen and oxygen atoms in total. The maximum atomic E-state index is 11.3. The zero-order valence-corrected chi connectivity index (χ0v) is 8.13. The van der Waals surface area contributed by atoms with Gasteiger partial charge in [-0.15, -0.1) is 5.92 Å². The van der Waals surface area contributed by atoms with Gasteiger partial charge in [-0.1, -0.05) is 5.92 Å². The number of hydrogen-bond donors (Lipinski definition) is 0. The van der Waals surface area contributed by atoms with E-state index >= 15 is 0 Å². The zero-order chi connectivity index (χ0) is 8.97. The Morgan fingerprint density at radius 3 is 3.17 bits per heavy atom. The molecule has 0 amide bonds. The van der Waals surface area contributed by atoms with Crippen molar-refractivity contribution in [1.82, 2.24) is 9.55 Å². The van der Waals surface area contributed by atoms with Crippen LogP contribution in [0.2, 0.25) is 0 Å². The van der Waals surface area contributed by atoms with Crippen LogP contribution in [0.4, 0.5) is 0 Å². The number of rotatable bonds is 1. The average molecular weight is 227 g/mol. The lowest BCUT2D eigenvalue weighted by Gasteiger charge is -1.97. The van der Waals surface area contributed by atoms with Crippen LogP contribution < -0.4 is 5.56 Å². The fourth-order valence-electron chi connectivity index (χ4n) is 0.701. The fraction of sp³-hybridized carbons (Fsp3) is 0.250. The van der Waals surface area contributed by atoms with E-state index in [1.807, 2.05) is 0 Å². The van der Waals surface area contributed by atoms with Crippen molar-refractivity contribution in [2.45, 2.75) is 13.5 Å². The molecule has 0 aliphatic heterocycles. The first-order valence-electron chi connectivity index (χ1n) is 3.35. The predicted molar refractivity (Wildman–Crippen MR) is 49.6 cm³/mol. The van der Waals surface area contributed by atoms with Gasteiger partial charge in [-0.05, 0) is 22.9 Å². The first-order chi connectivity index (χ1) is 5.75. The minimum absolute atomic E-state index is 0.104. The molecule has 0 saturated heterocycles. The zero-order valence-electron chi connectivity index (χ0n) is 6.54. The van der Waals surface area contributed by atoms with Crippen LogP contribution in [0.5, 0.6) is 0 Å². The van der Waals surface area contributed by atoms with Crippen molar-refractivity contribution in [2.75, 3.05) is 0 Å². The maximum Gasteiger partial charge on any atom is 0.268 e. The van der Waals surface area contributed by atoms with Crippen molar-refractivity contribution in [1.29, 1.82) is 0 Å². The van der Waals surface area contributed by atoms with Crippen LogP contribution in [0, 0.1) is 11.8 Å². The molecule has 0 fully saturated rings. The van der Waals surface area contributed by atoms with E-state index < -0.39 is 0 Å². The van der Waals surface area contributed by atoms with Gasteiger partial charge in [-0.2, -0.15) is 0 Å². The highest BCUT2D eigenvalue weighted by atomic mass is 79.9. The Morgan fingerprint density at radius 1 is 1.75 bits per heavy atom. The van der Waals surface area contributed by atoms with Crippen LogP contribution in [-0.4, -0.2) is 9.55 Å². The molecule has 1 heterocycles. The van der Waals surface area contributed by atoms with Gasteiger partial charge in [0.05, 0.1) is 12.9 Å². The predicted octanol–water partition coefficient (Wildman–Crippen LogP) is 1.03. The minimum atomic E-state index is -0.104. The van der Waals surface area contributed by atoms with E-state index in [1.54, 1.807) is 6.92 Å². The van der Waals surface area contributed by atoms with Crippen LogP contribution in [0.3, 0.4) is 0 Å². The molecule has 12 heavy (non-hydrogen) atoms. The first kappa shape index (κ1) is 9.01. The molecule has 0 aromatic carbocycles. The van der Waals surface area contributed by atoms with E-state index in [4.69, 9.17) is 0 Å². The van der Waals surface area contributed by atoms with Crippen molar-refractivity contribution in [2.24, 2.45) is 0 Å². The lowest BCUT2D eigenvalue weighted by Crippen LogP contribution is -2.19. The third kappa shape index (κ3) is 1.95. The van der Waals surface area contributed by atoms with E-state index in [1.165, 1.54) is 17.1 Å². The summed E-state index contributed by atoms with van der Waals surface area (Å²) in [6.45, 7) is 2.12. The Labute approximate surface area is 78.6 Å². The van der Waals surface area contributed by atoms with Gasteiger partial charge in [-0.3, -0.25) is 9.36 Å². The molecule has 0 aliphatic carbocycles. The molecule has 0 atom stereocenters. The summed E-state index contributed by atoms with van der Waals surface area (Å²) < 4.78 is 1.91. The molecular formula is C8H7BrN2O. The SMILES string of the molecule is CC#CCn1cncc(Br)c1=O. The van der Waals surface area contributed by atoms with Gasteiger partial charge >= 0.3 is 0 Å². The highest BCUT2D eigenvalue weighted by Crippen LogP contribution is 1.97. The van der Waals surface area contributed by atoms with Gasteiger partial charge in [0.2, 0.25) is 0 Å². The lowest BCUT2D eigenvalue weighted by atomic mass is 10.5. The van der Waals surface area contributed by atoms with Crippen molar-refractivity contribution in [3.8, 4) is 11.8 Å². The van der Waals surface area contributed by atoms with Crippen molar-refractivity contribution < 1.29 is 0 Å². The highest BCUT2D eigenvalue weighted by Gasteiger charge is 1.97.